The van der Waals surface area contributed by atoms with Crippen LogP contribution in [0.15, 0.2) is 22.4 Å². The van der Waals surface area contributed by atoms with Crippen LogP contribution < -0.4 is 5.73 Å². The van der Waals surface area contributed by atoms with Crippen molar-refractivity contribution in [2.45, 2.75) is 4.21 Å². The maximum atomic E-state index is 9.28. The number of hydrogen-bond donors (Lipinski definition) is 3. The van der Waals surface area contributed by atoms with Crippen LogP contribution in [0.25, 0.3) is 10.1 Å². The van der Waals surface area contributed by atoms with Gasteiger partial charge in [-0.3, -0.25) is 0 Å². The number of fused-ring (bicyclic) bond motifs is 1. The minimum Gasteiger partial charge on any atom is -0.506 e. The van der Waals surface area contributed by atoms with E-state index in [0.717, 1.165) is 14.3 Å². The Balaban J connectivity index is 2.83. The largest absolute Gasteiger partial charge is 0.506 e. The topological polar surface area (TPSA) is 46.2 Å². The summed E-state index contributed by atoms with van der Waals surface area (Å²) in [5, 5.41) is 10.3. The number of nitrogen functional groups attached to an aromatic ring is 1. The van der Waals surface area contributed by atoms with Gasteiger partial charge in [0.15, 0.2) is 0 Å². The lowest BCUT2D eigenvalue weighted by Gasteiger charge is -1.96. The molecule has 0 atom stereocenters. The predicted molar refractivity (Wildman–Crippen MR) is 55.2 cm³/mol. The van der Waals surface area contributed by atoms with Gasteiger partial charge in [-0.05, 0) is 23.6 Å². The summed E-state index contributed by atoms with van der Waals surface area (Å²) in [6, 6.07) is 5.32. The van der Waals surface area contributed by atoms with E-state index in [0.29, 0.717) is 5.69 Å². The monoisotopic (exact) mass is 197 g/mol. The zero-order valence-corrected chi connectivity index (χ0v) is 7.82. The summed E-state index contributed by atoms with van der Waals surface area (Å²) in [5.74, 6) is 0.133. The summed E-state index contributed by atoms with van der Waals surface area (Å²) in [6.07, 6.45) is 0. The SMILES string of the molecule is Nc1cc2sc(S)cc2cc1O. The van der Waals surface area contributed by atoms with Gasteiger partial charge >= 0.3 is 0 Å². The summed E-state index contributed by atoms with van der Waals surface area (Å²) in [4.78, 5) is 0. The van der Waals surface area contributed by atoms with E-state index in [1.54, 1.807) is 23.5 Å². The molecule has 0 aliphatic heterocycles. The molecular weight excluding hydrogens is 190 g/mol. The number of anilines is 1. The third-order valence-electron chi connectivity index (χ3n) is 1.65. The molecule has 1 aromatic carbocycles. The highest BCUT2D eigenvalue weighted by atomic mass is 32.2. The van der Waals surface area contributed by atoms with E-state index < -0.39 is 0 Å². The predicted octanol–water partition coefficient (Wildman–Crippen LogP) is 2.48. The fourth-order valence-electron chi connectivity index (χ4n) is 1.08. The van der Waals surface area contributed by atoms with E-state index in [1.807, 2.05) is 6.07 Å². The first kappa shape index (κ1) is 7.76. The van der Waals surface area contributed by atoms with Crippen molar-refractivity contribution in [1.29, 1.82) is 0 Å². The number of benzene rings is 1. The molecule has 62 valence electrons. The summed E-state index contributed by atoms with van der Waals surface area (Å²) in [5.41, 5.74) is 5.94. The molecule has 1 heterocycles. The number of phenols is 1. The third kappa shape index (κ3) is 1.13. The van der Waals surface area contributed by atoms with Gasteiger partial charge in [0.25, 0.3) is 0 Å². The maximum Gasteiger partial charge on any atom is 0.139 e. The smallest absolute Gasteiger partial charge is 0.139 e. The molecule has 2 rings (SSSR count). The number of aromatic hydroxyl groups is 1. The average molecular weight is 197 g/mol. The minimum absolute atomic E-state index is 0.133. The Morgan fingerprint density at radius 1 is 1.33 bits per heavy atom. The van der Waals surface area contributed by atoms with E-state index in [2.05, 4.69) is 12.6 Å². The molecule has 0 saturated carbocycles. The second-order valence-corrected chi connectivity index (χ2v) is 4.40. The summed E-state index contributed by atoms with van der Waals surface area (Å²) in [6.45, 7) is 0. The van der Waals surface area contributed by atoms with Gasteiger partial charge < -0.3 is 10.8 Å². The number of nitrogens with two attached hydrogens (primary N) is 1. The number of hydrogen-bond acceptors (Lipinski definition) is 4. The fourth-order valence-corrected chi connectivity index (χ4v) is 2.34. The van der Waals surface area contributed by atoms with Crippen molar-refractivity contribution in [3.63, 3.8) is 0 Å². The highest BCUT2D eigenvalue weighted by molar-refractivity contribution is 7.83. The number of phenolic OH excluding ortho intramolecular Hbond substituents is 1. The lowest BCUT2D eigenvalue weighted by Crippen LogP contribution is -1.83. The van der Waals surface area contributed by atoms with Gasteiger partial charge in [-0.1, -0.05) is 0 Å². The molecule has 0 amide bonds. The lowest BCUT2D eigenvalue weighted by atomic mass is 10.2. The molecule has 2 aromatic rings. The Hall–Kier alpha value is -0.870. The molecule has 12 heavy (non-hydrogen) atoms. The van der Waals surface area contributed by atoms with Gasteiger partial charge in [-0.2, -0.15) is 0 Å². The van der Waals surface area contributed by atoms with Crippen molar-refractivity contribution >= 4 is 39.7 Å². The van der Waals surface area contributed by atoms with Crippen LogP contribution in [-0.4, -0.2) is 5.11 Å². The first-order chi connectivity index (χ1) is 5.66. The van der Waals surface area contributed by atoms with Crippen LogP contribution in [0.1, 0.15) is 0 Å². The van der Waals surface area contributed by atoms with Crippen LogP contribution in [-0.2, 0) is 0 Å². The van der Waals surface area contributed by atoms with Crippen molar-refractivity contribution in [2.75, 3.05) is 5.73 Å². The van der Waals surface area contributed by atoms with Crippen molar-refractivity contribution in [2.24, 2.45) is 0 Å². The van der Waals surface area contributed by atoms with E-state index in [1.165, 1.54) is 0 Å². The molecule has 0 aliphatic rings. The molecule has 0 aliphatic carbocycles. The van der Waals surface area contributed by atoms with Gasteiger partial charge in [0, 0.05) is 4.70 Å². The van der Waals surface area contributed by atoms with Crippen molar-refractivity contribution < 1.29 is 5.11 Å². The van der Waals surface area contributed by atoms with Crippen LogP contribution in [0.5, 0.6) is 5.75 Å². The lowest BCUT2D eigenvalue weighted by molar-refractivity contribution is 0.479. The standard InChI is InChI=1S/C8H7NOS2/c9-5-3-7-4(1-6(5)10)2-8(11)12-7/h1-3,10-11H,9H2. The van der Waals surface area contributed by atoms with E-state index in [4.69, 9.17) is 5.73 Å². The van der Waals surface area contributed by atoms with Gasteiger partial charge in [0.05, 0.1) is 9.90 Å². The van der Waals surface area contributed by atoms with Crippen molar-refractivity contribution in [3.05, 3.63) is 18.2 Å². The van der Waals surface area contributed by atoms with Crippen LogP contribution in [0.4, 0.5) is 5.69 Å². The third-order valence-corrected chi connectivity index (χ3v) is 2.96. The number of thiol groups is 1. The molecule has 3 N–H and O–H groups in total. The van der Waals surface area contributed by atoms with Gasteiger partial charge in [-0.25, -0.2) is 0 Å². The highest BCUT2D eigenvalue weighted by Crippen LogP contribution is 2.33. The molecule has 0 fully saturated rings. The molecule has 0 unspecified atom stereocenters. The summed E-state index contributed by atoms with van der Waals surface area (Å²) >= 11 is 5.76. The average Bonchev–Trinajstić information content (AvgIpc) is 2.30. The maximum absolute atomic E-state index is 9.28. The summed E-state index contributed by atoms with van der Waals surface area (Å²) < 4.78 is 1.98. The second-order valence-electron chi connectivity index (χ2n) is 2.53. The summed E-state index contributed by atoms with van der Waals surface area (Å²) in [7, 11) is 0. The van der Waals surface area contributed by atoms with E-state index in [9.17, 15) is 5.11 Å². The minimum atomic E-state index is 0.133. The van der Waals surface area contributed by atoms with Crippen LogP contribution >= 0.6 is 24.0 Å². The molecule has 4 heteroatoms. The van der Waals surface area contributed by atoms with E-state index >= 15 is 0 Å². The Labute approximate surface area is 79.0 Å². The molecule has 0 spiro atoms. The molecular formula is C8H7NOS2. The Bertz CT molecular complexity index is 397. The highest BCUT2D eigenvalue weighted by Gasteiger charge is 2.02. The molecule has 0 saturated heterocycles. The van der Waals surface area contributed by atoms with Gasteiger partial charge in [0.1, 0.15) is 5.75 Å². The van der Waals surface area contributed by atoms with Gasteiger partial charge in [-0.15, -0.1) is 24.0 Å². The quantitative estimate of drug-likeness (QED) is 0.345. The molecule has 0 radical (unpaired) electrons. The number of thiophene rings is 1. The zero-order valence-electron chi connectivity index (χ0n) is 6.11. The Morgan fingerprint density at radius 2 is 2.08 bits per heavy atom. The first-order valence-corrected chi connectivity index (χ1v) is 4.64. The number of rotatable bonds is 0. The second kappa shape index (κ2) is 2.57. The Kier molecular flexibility index (Phi) is 1.66. The van der Waals surface area contributed by atoms with Crippen LogP contribution in [0, 0.1) is 0 Å². The molecule has 1 aromatic heterocycles. The van der Waals surface area contributed by atoms with Crippen LogP contribution in [0.3, 0.4) is 0 Å². The first-order valence-electron chi connectivity index (χ1n) is 3.38. The van der Waals surface area contributed by atoms with Crippen molar-refractivity contribution in [3.8, 4) is 5.75 Å². The normalized spacial score (nSPS) is 10.8. The fraction of sp³-hybridized carbons (Fsp3) is 0. The Morgan fingerprint density at radius 3 is 2.83 bits per heavy atom. The van der Waals surface area contributed by atoms with Crippen molar-refractivity contribution in [1.82, 2.24) is 0 Å². The molecule has 2 nitrogen and oxygen atoms in total. The zero-order chi connectivity index (χ0) is 8.72. The molecule has 0 bridgehead atoms. The van der Waals surface area contributed by atoms with Gasteiger partial charge in [0.2, 0.25) is 0 Å². The van der Waals surface area contributed by atoms with Crippen LogP contribution in [0.2, 0.25) is 0 Å². The van der Waals surface area contributed by atoms with E-state index in [-0.39, 0.29) is 5.75 Å².